The summed E-state index contributed by atoms with van der Waals surface area (Å²) >= 11 is 0. The number of halogens is 2. The van der Waals surface area contributed by atoms with Gasteiger partial charge in [0, 0.05) is 17.7 Å². The first kappa shape index (κ1) is 18.3. The van der Waals surface area contributed by atoms with Crippen molar-refractivity contribution in [1.82, 2.24) is 5.32 Å². The van der Waals surface area contributed by atoms with Gasteiger partial charge in [-0.25, -0.2) is 17.2 Å². The zero-order valence-electron chi connectivity index (χ0n) is 13.8. The van der Waals surface area contributed by atoms with Crippen LogP contribution in [0.4, 0.5) is 14.5 Å². The van der Waals surface area contributed by atoms with Crippen molar-refractivity contribution in [3.63, 3.8) is 0 Å². The van der Waals surface area contributed by atoms with Gasteiger partial charge in [-0.1, -0.05) is 12.8 Å². The molecule has 0 heterocycles. The Labute approximate surface area is 150 Å². The van der Waals surface area contributed by atoms with E-state index in [-0.39, 0.29) is 22.5 Å². The first-order chi connectivity index (χ1) is 12.3. The lowest BCUT2D eigenvalue weighted by Gasteiger charge is -2.12. The van der Waals surface area contributed by atoms with Crippen molar-refractivity contribution < 1.29 is 22.0 Å². The number of sulfonamides is 1. The zero-order valence-corrected chi connectivity index (χ0v) is 14.7. The number of amides is 1. The van der Waals surface area contributed by atoms with E-state index in [1.54, 1.807) is 0 Å². The summed E-state index contributed by atoms with van der Waals surface area (Å²) in [5.41, 5.74) is 0.137. The van der Waals surface area contributed by atoms with Crippen molar-refractivity contribution in [1.29, 1.82) is 0 Å². The molecule has 0 aliphatic heterocycles. The van der Waals surface area contributed by atoms with Gasteiger partial charge in [-0.15, -0.1) is 0 Å². The van der Waals surface area contributed by atoms with E-state index in [4.69, 9.17) is 0 Å². The molecule has 0 unspecified atom stereocenters. The molecule has 0 aromatic heterocycles. The molecule has 8 heteroatoms. The van der Waals surface area contributed by atoms with Crippen LogP contribution >= 0.6 is 0 Å². The fraction of sp³-hybridized carbons (Fsp3) is 0.278. The summed E-state index contributed by atoms with van der Waals surface area (Å²) in [5.74, 6) is -2.02. The van der Waals surface area contributed by atoms with Gasteiger partial charge >= 0.3 is 0 Å². The van der Waals surface area contributed by atoms with E-state index >= 15 is 0 Å². The van der Waals surface area contributed by atoms with Crippen LogP contribution in [0.15, 0.2) is 47.4 Å². The summed E-state index contributed by atoms with van der Waals surface area (Å²) in [4.78, 5) is 12.1. The Morgan fingerprint density at radius 1 is 0.962 bits per heavy atom. The molecule has 0 spiro atoms. The van der Waals surface area contributed by atoms with Gasteiger partial charge in [-0.3, -0.25) is 9.52 Å². The van der Waals surface area contributed by atoms with Crippen molar-refractivity contribution in [3.05, 3.63) is 59.7 Å². The molecule has 0 radical (unpaired) electrons. The third-order valence-electron chi connectivity index (χ3n) is 4.23. The molecule has 26 heavy (non-hydrogen) atoms. The molecule has 2 aromatic carbocycles. The summed E-state index contributed by atoms with van der Waals surface area (Å²) in [6.07, 6.45) is 4.08. The Balaban J connectivity index is 1.73. The minimum atomic E-state index is -4.03. The van der Waals surface area contributed by atoms with Crippen LogP contribution in [0, 0.1) is 11.6 Å². The molecule has 2 N–H and O–H groups in total. The Kier molecular flexibility index (Phi) is 5.22. The normalized spacial score (nSPS) is 15.0. The second-order valence-corrected chi connectivity index (χ2v) is 7.93. The van der Waals surface area contributed by atoms with Crippen LogP contribution in [0.3, 0.4) is 0 Å². The van der Waals surface area contributed by atoms with E-state index < -0.39 is 21.7 Å². The lowest BCUT2D eigenvalue weighted by molar-refractivity contribution is 0.0937. The van der Waals surface area contributed by atoms with E-state index in [2.05, 4.69) is 10.0 Å². The van der Waals surface area contributed by atoms with Crippen LogP contribution in [0.25, 0.3) is 0 Å². The van der Waals surface area contributed by atoms with Gasteiger partial charge < -0.3 is 5.32 Å². The smallest absolute Gasteiger partial charge is 0.261 e. The van der Waals surface area contributed by atoms with Crippen LogP contribution in [-0.4, -0.2) is 20.4 Å². The maximum atomic E-state index is 13.2. The highest BCUT2D eigenvalue weighted by Gasteiger charge is 2.19. The number of hydrogen-bond acceptors (Lipinski definition) is 3. The predicted octanol–water partition coefficient (Wildman–Crippen LogP) is 3.44. The van der Waals surface area contributed by atoms with Crippen molar-refractivity contribution in [2.75, 3.05) is 4.72 Å². The van der Waals surface area contributed by atoms with E-state index in [1.165, 1.54) is 24.3 Å². The molecule has 0 saturated heterocycles. The minimum absolute atomic E-state index is 0.111. The number of nitrogens with one attached hydrogen (secondary N) is 2. The lowest BCUT2D eigenvalue weighted by atomic mass is 10.2. The Morgan fingerprint density at radius 2 is 1.54 bits per heavy atom. The lowest BCUT2D eigenvalue weighted by Crippen LogP contribution is -2.32. The molecular formula is C18H18F2N2O3S. The molecule has 2 aromatic rings. The van der Waals surface area contributed by atoms with Crippen molar-refractivity contribution in [3.8, 4) is 0 Å². The van der Waals surface area contributed by atoms with Crippen LogP contribution in [0.2, 0.25) is 0 Å². The second-order valence-electron chi connectivity index (χ2n) is 6.24. The van der Waals surface area contributed by atoms with Crippen molar-refractivity contribution in [2.24, 2.45) is 0 Å². The molecule has 1 amide bonds. The topological polar surface area (TPSA) is 75.3 Å². The molecule has 1 saturated carbocycles. The van der Waals surface area contributed by atoms with Crippen LogP contribution < -0.4 is 10.0 Å². The molecule has 0 bridgehead atoms. The molecule has 3 rings (SSSR count). The van der Waals surface area contributed by atoms with Crippen molar-refractivity contribution >= 4 is 21.6 Å². The summed E-state index contributed by atoms with van der Waals surface area (Å²) in [6.45, 7) is 0. The van der Waals surface area contributed by atoms with E-state index in [0.717, 1.165) is 37.8 Å². The van der Waals surface area contributed by atoms with E-state index in [0.29, 0.717) is 11.6 Å². The molecule has 1 fully saturated rings. The summed E-state index contributed by atoms with van der Waals surface area (Å²) in [5, 5.41) is 2.92. The van der Waals surface area contributed by atoms with Gasteiger partial charge in [-0.05, 0) is 49.2 Å². The average Bonchev–Trinajstić information content (AvgIpc) is 3.06. The monoisotopic (exact) mass is 380 g/mol. The largest absolute Gasteiger partial charge is 0.349 e. The molecule has 138 valence electrons. The van der Waals surface area contributed by atoms with Gasteiger partial charge in [-0.2, -0.15) is 0 Å². The van der Waals surface area contributed by atoms with Gasteiger partial charge in [0.1, 0.15) is 11.6 Å². The molecule has 0 atom stereocenters. The van der Waals surface area contributed by atoms with E-state index in [1.807, 2.05) is 0 Å². The standard InChI is InChI=1S/C18H18F2N2O3S/c19-13-9-14(20)11-16(10-13)22-26(24,25)17-7-5-12(6-8-17)18(23)21-15-3-1-2-4-15/h5-11,15,22H,1-4H2,(H,21,23). The quantitative estimate of drug-likeness (QED) is 0.834. The number of carbonyl (C=O) groups excluding carboxylic acids is 1. The fourth-order valence-corrected chi connectivity index (χ4v) is 3.99. The molecule has 1 aliphatic carbocycles. The predicted molar refractivity (Wildman–Crippen MR) is 93.3 cm³/mol. The van der Waals surface area contributed by atoms with E-state index in [9.17, 15) is 22.0 Å². The van der Waals surface area contributed by atoms with Crippen molar-refractivity contribution in [2.45, 2.75) is 36.6 Å². The Morgan fingerprint density at radius 3 is 2.12 bits per heavy atom. The molecular weight excluding hydrogens is 362 g/mol. The molecule has 1 aliphatic rings. The summed E-state index contributed by atoms with van der Waals surface area (Å²) < 4.78 is 53.2. The highest BCUT2D eigenvalue weighted by Crippen LogP contribution is 2.20. The number of rotatable bonds is 5. The SMILES string of the molecule is O=C(NC1CCCC1)c1ccc(S(=O)(=O)Nc2cc(F)cc(F)c2)cc1. The maximum absolute atomic E-state index is 13.2. The van der Waals surface area contributed by atoms with Crippen LogP contribution in [0.5, 0.6) is 0 Å². The Hall–Kier alpha value is -2.48. The van der Waals surface area contributed by atoms with Gasteiger partial charge in [0.25, 0.3) is 15.9 Å². The number of carbonyl (C=O) groups is 1. The highest BCUT2D eigenvalue weighted by molar-refractivity contribution is 7.92. The number of anilines is 1. The number of hydrogen-bond donors (Lipinski definition) is 2. The molecule has 5 nitrogen and oxygen atoms in total. The van der Waals surface area contributed by atoms with Gasteiger partial charge in [0.05, 0.1) is 10.6 Å². The zero-order chi connectivity index (χ0) is 18.7. The summed E-state index contributed by atoms with van der Waals surface area (Å²) in [6, 6.07) is 7.94. The minimum Gasteiger partial charge on any atom is -0.349 e. The first-order valence-electron chi connectivity index (χ1n) is 8.23. The first-order valence-corrected chi connectivity index (χ1v) is 9.72. The third-order valence-corrected chi connectivity index (χ3v) is 5.63. The van der Waals surface area contributed by atoms with Crippen LogP contribution in [-0.2, 0) is 10.0 Å². The second kappa shape index (κ2) is 7.41. The third kappa shape index (κ3) is 4.37. The Bertz CT molecular complexity index is 888. The number of benzene rings is 2. The highest BCUT2D eigenvalue weighted by atomic mass is 32.2. The van der Waals surface area contributed by atoms with Crippen LogP contribution in [0.1, 0.15) is 36.0 Å². The van der Waals surface area contributed by atoms with Gasteiger partial charge in [0.15, 0.2) is 0 Å². The summed E-state index contributed by atoms with van der Waals surface area (Å²) in [7, 11) is -4.03. The maximum Gasteiger partial charge on any atom is 0.261 e. The fourth-order valence-electron chi connectivity index (χ4n) is 2.95. The van der Waals surface area contributed by atoms with Gasteiger partial charge in [0.2, 0.25) is 0 Å². The average molecular weight is 380 g/mol.